The third-order valence-corrected chi connectivity index (χ3v) is 7.77. The quantitative estimate of drug-likeness (QED) is 0.285. The highest BCUT2D eigenvalue weighted by atomic mass is 35.5. The standard InChI is InChI=1S/C26H19ClN2OS2/c1-16-7-12-20-22(13-16)32-24(23(20)27)25(30)28-14-17-8-10-18(11-9-17)21-15-31-26(29-21)19-5-3-2-4-6-19/h2-13,15H,14H2,1H3,(H,28,30). The van der Waals surface area contributed by atoms with Gasteiger partial charge in [-0.25, -0.2) is 4.98 Å². The van der Waals surface area contributed by atoms with Crippen LogP contribution in [0.3, 0.4) is 0 Å². The molecule has 0 aliphatic carbocycles. The number of hydrogen-bond donors (Lipinski definition) is 1. The van der Waals surface area contributed by atoms with Gasteiger partial charge in [0.1, 0.15) is 9.88 Å². The van der Waals surface area contributed by atoms with Crippen LogP contribution in [0.2, 0.25) is 5.02 Å². The van der Waals surface area contributed by atoms with Gasteiger partial charge in [-0.1, -0.05) is 78.3 Å². The number of thiophene rings is 1. The highest BCUT2D eigenvalue weighted by molar-refractivity contribution is 7.21. The Balaban J connectivity index is 1.27. The van der Waals surface area contributed by atoms with Crippen LogP contribution < -0.4 is 5.32 Å². The van der Waals surface area contributed by atoms with Gasteiger partial charge in [0.15, 0.2) is 0 Å². The fourth-order valence-corrected chi connectivity index (χ4v) is 5.86. The molecular formula is C26H19ClN2OS2. The third-order valence-electron chi connectivity index (χ3n) is 5.22. The molecule has 0 unspecified atom stereocenters. The van der Waals surface area contributed by atoms with E-state index in [1.807, 2.05) is 61.5 Å². The van der Waals surface area contributed by atoms with Gasteiger partial charge in [-0.05, 0) is 24.1 Å². The predicted octanol–water partition coefficient (Wildman–Crippen LogP) is 7.58. The van der Waals surface area contributed by atoms with Crippen molar-refractivity contribution in [3.63, 3.8) is 0 Å². The number of nitrogens with one attached hydrogen (secondary N) is 1. The summed E-state index contributed by atoms with van der Waals surface area (Å²) in [6, 6.07) is 24.3. The molecule has 5 aromatic rings. The first-order valence-corrected chi connectivity index (χ1v) is 12.2. The Labute approximate surface area is 199 Å². The highest BCUT2D eigenvalue weighted by Crippen LogP contribution is 2.36. The summed E-state index contributed by atoms with van der Waals surface area (Å²) in [7, 11) is 0. The number of fused-ring (bicyclic) bond motifs is 1. The van der Waals surface area contributed by atoms with Gasteiger partial charge in [-0.15, -0.1) is 22.7 Å². The largest absolute Gasteiger partial charge is 0.347 e. The number of thiazole rings is 1. The number of aromatic nitrogens is 1. The van der Waals surface area contributed by atoms with E-state index in [4.69, 9.17) is 16.6 Å². The van der Waals surface area contributed by atoms with Crippen LogP contribution in [0.5, 0.6) is 0 Å². The van der Waals surface area contributed by atoms with Crippen LogP contribution >= 0.6 is 34.3 Å². The van der Waals surface area contributed by atoms with E-state index < -0.39 is 0 Å². The molecule has 0 radical (unpaired) electrons. The van der Waals surface area contributed by atoms with E-state index in [0.717, 1.165) is 43.0 Å². The van der Waals surface area contributed by atoms with Crippen molar-refractivity contribution in [1.82, 2.24) is 10.3 Å². The van der Waals surface area contributed by atoms with Crippen LogP contribution in [0.4, 0.5) is 0 Å². The van der Waals surface area contributed by atoms with Crippen molar-refractivity contribution < 1.29 is 4.79 Å². The summed E-state index contributed by atoms with van der Waals surface area (Å²) in [6.45, 7) is 2.47. The number of nitrogens with zero attached hydrogens (tertiary/aromatic N) is 1. The Morgan fingerprint density at radius 2 is 1.78 bits per heavy atom. The fraction of sp³-hybridized carbons (Fsp3) is 0.0769. The zero-order chi connectivity index (χ0) is 22.1. The van der Waals surface area contributed by atoms with Crippen molar-refractivity contribution in [2.24, 2.45) is 0 Å². The number of carbonyl (C=O) groups is 1. The van der Waals surface area contributed by atoms with E-state index in [2.05, 4.69) is 28.9 Å². The minimum atomic E-state index is -0.148. The van der Waals surface area contributed by atoms with Crippen LogP contribution in [0.1, 0.15) is 20.8 Å². The van der Waals surface area contributed by atoms with E-state index in [1.165, 1.54) is 11.3 Å². The SMILES string of the molecule is Cc1ccc2c(Cl)c(C(=O)NCc3ccc(-c4csc(-c5ccccc5)n4)cc3)sc2c1. The van der Waals surface area contributed by atoms with Crippen molar-refractivity contribution in [1.29, 1.82) is 0 Å². The lowest BCUT2D eigenvalue weighted by molar-refractivity contribution is 0.0955. The van der Waals surface area contributed by atoms with Crippen molar-refractivity contribution in [3.05, 3.63) is 99.2 Å². The van der Waals surface area contributed by atoms with Crippen molar-refractivity contribution >= 4 is 50.3 Å². The Hall–Kier alpha value is -2.99. The maximum absolute atomic E-state index is 12.7. The topological polar surface area (TPSA) is 42.0 Å². The van der Waals surface area contributed by atoms with E-state index in [0.29, 0.717) is 16.4 Å². The van der Waals surface area contributed by atoms with Gasteiger partial charge < -0.3 is 5.32 Å². The molecule has 5 rings (SSSR count). The van der Waals surface area contributed by atoms with Crippen molar-refractivity contribution in [2.75, 3.05) is 0 Å². The smallest absolute Gasteiger partial charge is 0.263 e. The molecular weight excluding hydrogens is 456 g/mol. The molecule has 6 heteroatoms. The summed E-state index contributed by atoms with van der Waals surface area (Å²) < 4.78 is 1.03. The molecule has 32 heavy (non-hydrogen) atoms. The number of hydrogen-bond acceptors (Lipinski definition) is 4. The summed E-state index contributed by atoms with van der Waals surface area (Å²) in [4.78, 5) is 18.0. The minimum absolute atomic E-state index is 0.148. The summed E-state index contributed by atoms with van der Waals surface area (Å²) in [6.07, 6.45) is 0. The van der Waals surface area contributed by atoms with Crippen molar-refractivity contribution in [2.45, 2.75) is 13.5 Å². The van der Waals surface area contributed by atoms with Gasteiger partial charge in [0.2, 0.25) is 0 Å². The predicted molar refractivity (Wildman–Crippen MR) is 136 cm³/mol. The highest BCUT2D eigenvalue weighted by Gasteiger charge is 2.17. The summed E-state index contributed by atoms with van der Waals surface area (Å²) >= 11 is 9.53. The van der Waals surface area contributed by atoms with Crippen LogP contribution in [0, 0.1) is 6.92 Å². The van der Waals surface area contributed by atoms with E-state index >= 15 is 0 Å². The van der Waals surface area contributed by atoms with E-state index in [-0.39, 0.29) is 5.91 Å². The molecule has 1 amide bonds. The number of aryl methyl sites for hydroxylation is 1. The first-order valence-electron chi connectivity index (χ1n) is 10.2. The zero-order valence-electron chi connectivity index (χ0n) is 17.3. The lowest BCUT2D eigenvalue weighted by Gasteiger charge is -2.05. The molecule has 158 valence electrons. The van der Waals surface area contributed by atoms with E-state index in [1.54, 1.807) is 11.3 Å². The Kier molecular flexibility index (Phi) is 5.79. The Bertz CT molecular complexity index is 1410. The van der Waals surface area contributed by atoms with E-state index in [9.17, 15) is 4.79 Å². The second kappa shape index (κ2) is 8.87. The summed E-state index contributed by atoms with van der Waals surface area (Å²) in [5.41, 5.74) is 5.31. The zero-order valence-corrected chi connectivity index (χ0v) is 19.7. The molecule has 0 saturated heterocycles. The minimum Gasteiger partial charge on any atom is -0.347 e. The Morgan fingerprint density at radius 1 is 1.00 bits per heavy atom. The van der Waals surface area contributed by atoms with Gasteiger partial charge in [0.25, 0.3) is 5.91 Å². The fourth-order valence-electron chi connectivity index (χ4n) is 3.49. The van der Waals surface area contributed by atoms with Gasteiger partial charge in [-0.2, -0.15) is 0 Å². The molecule has 3 nitrogen and oxygen atoms in total. The molecule has 0 bridgehead atoms. The molecule has 0 fully saturated rings. The normalized spacial score (nSPS) is 11.1. The van der Waals surface area contributed by atoms with Crippen LogP contribution in [-0.4, -0.2) is 10.9 Å². The lowest BCUT2D eigenvalue weighted by Crippen LogP contribution is -2.22. The molecule has 2 aromatic heterocycles. The second-order valence-corrected chi connectivity index (χ2v) is 9.82. The maximum atomic E-state index is 12.7. The number of carbonyl (C=O) groups excluding carboxylic acids is 1. The number of halogens is 1. The second-order valence-electron chi connectivity index (χ2n) is 7.53. The van der Waals surface area contributed by atoms with Gasteiger partial charge >= 0.3 is 0 Å². The van der Waals surface area contributed by atoms with Crippen molar-refractivity contribution in [3.8, 4) is 21.8 Å². The van der Waals surface area contributed by atoms with Gasteiger partial charge in [0.05, 0.1) is 10.7 Å². The number of benzene rings is 3. The molecule has 0 saturated carbocycles. The molecule has 3 aromatic carbocycles. The average Bonchev–Trinajstić information content (AvgIpc) is 3.44. The third kappa shape index (κ3) is 4.19. The van der Waals surface area contributed by atoms with Gasteiger partial charge in [-0.3, -0.25) is 4.79 Å². The molecule has 0 atom stereocenters. The Morgan fingerprint density at radius 3 is 2.56 bits per heavy atom. The monoisotopic (exact) mass is 474 g/mol. The number of rotatable bonds is 5. The molecule has 0 aliphatic rings. The summed E-state index contributed by atoms with van der Waals surface area (Å²) in [5, 5.41) is 7.52. The van der Waals surface area contributed by atoms with Crippen LogP contribution in [0.15, 0.2) is 78.2 Å². The van der Waals surface area contributed by atoms with Crippen LogP contribution in [-0.2, 0) is 6.54 Å². The molecule has 0 aliphatic heterocycles. The van der Waals surface area contributed by atoms with Gasteiger partial charge in [0, 0.05) is 33.1 Å². The lowest BCUT2D eigenvalue weighted by atomic mass is 10.1. The maximum Gasteiger partial charge on any atom is 0.263 e. The first-order chi connectivity index (χ1) is 15.6. The average molecular weight is 475 g/mol. The summed E-state index contributed by atoms with van der Waals surface area (Å²) in [5.74, 6) is -0.148. The molecule has 2 heterocycles. The molecule has 1 N–H and O–H groups in total. The number of amides is 1. The first kappa shape index (κ1) is 20.9. The molecule has 0 spiro atoms. The van der Waals surface area contributed by atoms with Crippen LogP contribution in [0.25, 0.3) is 31.9 Å².